The number of para-hydroxylation sites is 2. The molecule has 0 atom stereocenters. The predicted molar refractivity (Wildman–Crippen MR) is 124 cm³/mol. The van der Waals surface area contributed by atoms with Gasteiger partial charge in [-0.3, -0.25) is 30.0 Å². The summed E-state index contributed by atoms with van der Waals surface area (Å²) in [4.78, 5) is 35.8. The number of nitrogens with one attached hydrogen (secondary N) is 3. The molecule has 1 aromatic heterocycles. The van der Waals surface area contributed by atoms with Gasteiger partial charge in [-0.15, -0.1) is 0 Å². The summed E-state index contributed by atoms with van der Waals surface area (Å²) in [6.45, 7) is 1.94. The quantitative estimate of drug-likeness (QED) is 0.413. The Bertz CT molecular complexity index is 1330. The molecule has 0 radical (unpaired) electrons. The number of carbonyl (C=O) groups is 2. The van der Waals surface area contributed by atoms with Crippen LogP contribution in [-0.4, -0.2) is 31.9 Å². The van der Waals surface area contributed by atoms with Crippen LogP contribution in [0.2, 0.25) is 0 Å². The van der Waals surface area contributed by atoms with Crippen LogP contribution in [0.3, 0.4) is 0 Å². The molecule has 2 amide bonds. The number of hydrogen-bond acceptors (Lipinski definition) is 7. The smallest absolute Gasteiger partial charge is 0.307 e. The minimum atomic E-state index is -4.00. The first-order chi connectivity index (χ1) is 15.7. The van der Waals surface area contributed by atoms with Gasteiger partial charge in [-0.25, -0.2) is 8.42 Å². The molecule has 12 heteroatoms. The molecule has 33 heavy (non-hydrogen) atoms. The van der Waals surface area contributed by atoms with Gasteiger partial charge in [0.05, 0.1) is 17.7 Å². The average Bonchev–Trinajstić information content (AvgIpc) is 3.13. The van der Waals surface area contributed by atoms with Crippen molar-refractivity contribution in [2.45, 2.75) is 24.8 Å². The number of anilines is 1. The Hall–Kier alpha value is -3.64. The van der Waals surface area contributed by atoms with E-state index < -0.39 is 21.8 Å². The molecule has 3 N–H and O–H groups in total. The number of nitrogens with zero attached hydrogens (tertiary/aromatic N) is 1. The van der Waals surface area contributed by atoms with Gasteiger partial charge in [-0.1, -0.05) is 29.5 Å². The lowest BCUT2D eigenvalue weighted by Crippen LogP contribution is -2.42. The summed E-state index contributed by atoms with van der Waals surface area (Å²) >= 11 is 1.05. The van der Waals surface area contributed by atoms with Gasteiger partial charge in [0.1, 0.15) is 5.75 Å². The number of amides is 2. The van der Waals surface area contributed by atoms with Gasteiger partial charge >= 0.3 is 4.87 Å². The SMILES string of the molecule is COc1ccccc1NS(=O)(=O)c1cccc(C(=O)NNC(=O)CCn2c(C)csc2=O)c1. The van der Waals surface area contributed by atoms with Gasteiger partial charge in [-0.05, 0) is 37.3 Å². The van der Waals surface area contributed by atoms with Crippen molar-refractivity contribution in [2.75, 3.05) is 11.8 Å². The first-order valence-electron chi connectivity index (χ1n) is 9.71. The third-order valence-corrected chi connectivity index (χ3v) is 6.86. The molecule has 0 saturated carbocycles. The van der Waals surface area contributed by atoms with Crippen molar-refractivity contribution in [3.8, 4) is 5.75 Å². The van der Waals surface area contributed by atoms with E-state index in [1.807, 2.05) is 0 Å². The molecular weight excluding hydrogens is 468 g/mol. The normalized spacial score (nSPS) is 11.0. The highest BCUT2D eigenvalue weighted by Gasteiger charge is 2.18. The van der Waals surface area contributed by atoms with Crippen LogP contribution < -0.4 is 25.2 Å². The van der Waals surface area contributed by atoms with Crippen molar-refractivity contribution >= 4 is 38.9 Å². The topological polar surface area (TPSA) is 136 Å². The second kappa shape index (κ2) is 10.3. The molecule has 0 aliphatic rings. The van der Waals surface area contributed by atoms with Gasteiger partial charge in [0.25, 0.3) is 15.9 Å². The molecule has 10 nitrogen and oxygen atoms in total. The van der Waals surface area contributed by atoms with Crippen LogP contribution in [0.5, 0.6) is 5.75 Å². The van der Waals surface area contributed by atoms with Crippen molar-refractivity contribution in [1.29, 1.82) is 0 Å². The Labute approximate surface area is 194 Å². The number of aromatic nitrogens is 1. The van der Waals surface area contributed by atoms with Gasteiger partial charge in [0, 0.05) is 29.6 Å². The number of aryl methyl sites for hydroxylation is 1. The van der Waals surface area contributed by atoms with E-state index in [2.05, 4.69) is 15.6 Å². The lowest BCUT2D eigenvalue weighted by atomic mass is 10.2. The molecule has 3 aromatic rings. The number of hydrazine groups is 1. The van der Waals surface area contributed by atoms with E-state index in [1.165, 1.54) is 35.9 Å². The van der Waals surface area contributed by atoms with Crippen LogP contribution in [-0.2, 0) is 21.4 Å². The van der Waals surface area contributed by atoms with Crippen LogP contribution >= 0.6 is 11.3 Å². The summed E-state index contributed by atoms with van der Waals surface area (Å²) in [6.07, 6.45) is -0.0188. The Morgan fingerprint density at radius 2 is 1.85 bits per heavy atom. The highest BCUT2D eigenvalue weighted by molar-refractivity contribution is 7.92. The molecule has 2 aromatic carbocycles. The van der Waals surface area contributed by atoms with E-state index in [0.29, 0.717) is 5.75 Å². The first kappa shape index (κ1) is 24.0. The van der Waals surface area contributed by atoms with Crippen LogP contribution in [0.15, 0.2) is 63.6 Å². The molecule has 0 unspecified atom stereocenters. The number of carbonyl (C=O) groups excluding carboxylic acids is 2. The highest BCUT2D eigenvalue weighted by atomic mass is 32.2. The number of hydrogen-bond donors (Lipinski definition) is 3. The monoisotopic (exact) mass is 490 g/mol. The van der Waals surface area contributed by atoms with Crippen LogP contribution in [0.25, 0.3) is 0 Å². The average molecular weight is 491 g/mol. The summed E-state index contributed by atoms with van der Waals surface area (Å²) in [5.41, 5.74) is 5.54. The fraction of sp³-hybridized carbons (Fsp3) is 0.190. The van der Waals surface area contributed by atoms with Crippen molar-refractivity contribution in [3.63, 3.8) is 0 Å². The Kier molecular flexibility index (Phi) is 7.51. The van der Waals surface area contributed by atoms with Crippen molar-refractivity contribution < 1.29 is 22.7 Å². The zero-order chi connectivity index (χ0) is 24.0. The maximum absolute atomic E-state index is 12.8. The van der Waals surface area contributed by atoms with Crippen LogP contribution in [0.4, 0.5) is 5.69 Å². The number of benzene rings is 2. The maximum Gasteiger partial charge on any atom is 0.307 e. The third kappa shape index (κ3) is 5.99. The van der Waals surface area contributed by atoms with Gasteiger partial charge in [-0.2, -0.15) is 0 Å². The summed E-state index contributed by atoms with van der Waals surface area (Å²) in [7, 11) is -2.58. The van der Waals surface area contributed by atoms with E-state index in [9.17, 15) is 22.8 Å². The largest absolute Gasteiger partial charge is 0.495 e. The molecule has 0 spiro atoms. The summed E-state index contributed by atoms with van der Waals surface area (Å²) in [6, 6.07) is 11.9. The lowest BCUT2D eigenvalue weighted by Gasteiger charge is -2.12. The van der Waals surface area contributed by atoms with E-state index in [1.54, 1.807) is 36.6 Å². The summed E-state index contributed by atoms with van der Waals surface area (Å²) in [5, 5.41) is 1.70. The zero-order valence-electron chi connectivity index (χ0n) is 17.8. The van der Waals surface area contributed by atoms with Gasteiger partial charge in [0.2, 0.25) is 5.91 Å². The highest BCUT2D eigenvalue weighted by Crippen LogP contribution is 2.26. The summed E-state index contributed by atoms with van der Waals surface area (Å²) in [5.74, 6) is -0.846. The molecule has 3 rings (SSSR count). The van der Waals surface area contributed by atoms with Crippen LogP contribution in [0.1, 0.15) is 22.5 Å². The van der Waals surface area contributed by atoms with Crippen molar-refractivity contribution in [3.05, 3.63) is 74.8 Å². The van der Waals surface area contributed by atoms with Gasteiger partial charge < -0.3 is 9.30 Å². The van der Waals surface area contributed by atoms with Gasteiger partial charge in [0.15, 0.2) is 0 Å². The molecule has 0 fully saturated rings. The molecule has 1 heterocycles. The lowest BCUT2D eigenvalue weighted by molar-refractivity contribution is -0.122. The fourth-order valence-corrected chi connectivity index (χ4v) is 4.76. The fourth-order valence-electron chi connectivity index (χ4n) is 2.89. The molecular formula is C21H22N4O6S2. The number of thiazole rings is 1. The third-order valence-electron chi connectivity index (χ3n) is 4.61. The van der Waals surface area contributed by atoms with E-state index in [4.69, 9.17) is 4.74 Å². The van der Waals surface area contributed by atoms with Crippen molar-refractivity contribution in [2.24, 2.45) is 0 Å². The van der Waals surface area contributed by atoms with E-state index in [0.717, 1.165) is 17.0 Å². The summed E-state index contributed by atoms with van der Waals surface area (Å²) < 4.78 is 34.6. The molecule has 0 saturated heterocycles. The zero-order valence-corrected chi connectivity index (χ0v) is 19.5. The predicted octanol–water partition coefficient (Wildman–Crippen LogP) is 1.88. The minimum absolute atomic E-state index is 0.0188. The maximum atomic E-state index is 12.8. The number of rotatable bonds is 8. The number of ether oxygens (including phenoxy) is 1. The second-order valence-electron chi connectivity index (χ2n) is 6.88. The molecule has 0 aliphatic carbocycles. The van der Waals surface area contributed by atoms with E-state index >= 15 is 0 Å². The Morgan fingerprint density at radius 3 is 2.55 bits per heavy atom. The number of methoxy groups -OCH3 is 1. The Balaban J connectivity index is 1.63. The first-order valence-corrected chi connectivity index (χ1v) is 12.1. The number of sulfonamides is 1. The van der Waals surface area contributed by atoms with Crippen molar-refractivity contribution in [1.82, 2.24) is 15.4 Å². The minimum Gasteiger partial charge on any atom is -0.495 e. The van der Waals surface area contributed by atoms with Crippen LogP contribution in [0, 0.1) is 6.92 Å². The standard InChI is InChI=1S/C21H22N4O6S2/c1-14-13-32-21(28)25(14)11-10-19(26)22-23-20(27)15-6-5-7-16(12-15)33(29,30)24-17-8-3-4-9-18(17)31-2/h3-9,12-13,24H,10-11H2,1-2H3,(H,22,26)(H,23,27). The Morgan fingerprint density at radius 1 is 1.09 bits per heavy atom. The van der Waals surface area contributed by atoms with E-state index in [-0.39, 0.29) is 34.0 Å². The molecule has 174 valence electrons. The second-order valence-corrected chi connectivity index (χ2v) is 9.38. The molecule has 0 bridgehead atoms. The molecule has 0 aliphatic heterocycles.